The van der Waals surface area contributed by atoms with Gasteiger partial charge in [0.1, 0.15) is 18.0 Å². The van der Waals surface area contributed by atoms with Gasteiger partial charge in [0.2, 0.25) is 0 Å². The van der Waals surface area contributed by atoms with E-state index in [9.17, 15) is 9.18 Å². The van der Waals surface area contributed by atoms with Gasteiger partial charge in [-0.15, -0.1) is 0 Å². The summed E-state index contributed by atoms with van der Waals surface area (Å²) in [5.74, 6) is -0.398. The Bertz CT molecular complexity index is 472. The van der Waals surface area contributed by atoms with Crippen molar-refractivity contribution in [2.24, 2.45) is 11.7 Å². The molecule has 0 saturated carbocycles. The van der Waals surface area contributed by atoms with Crippen molar-refractivity contribution in [1.82, 2.24) is 0 Å². The summed E-state index contributed by atoms with van der Waals surface area (Å²) < 4.78 is 18.6. The molecule has 20 heavy (non-hydrogen) atoms. The molecule has 0 saturated heterocycles. The van der Waals surface area contributed by atoms with Gasteiger partial charge in [0.05, 0.1) is 0 Å². The minimum Gasteiger partial charge on any atom is -0.461 e. The van der Waals surface area contributed by atoms with Gasteiger partial charge in [-0.1, -0.05) is 19.9 Å². The van der Waals surface area contributed by atoms with Crippen LogP contribution < -0.4 is 5.73 Å². The molecule has 2 N–H and O–H groups in total. The normalized spacial score (nSPS) is 15.8. The summed E-state index contributed by atoms with van der Waals surface area (Å²) in [6.07, 6.45) is -0.308. The molecule has 0 aliphatic rings. The lowest BCUT2D eigenvalue weighted by Crippen LogP contribution is -2.34. The van der Waals surface area contributed by atoms with E-state index in [2.05, 4.69) is 13.8 Å². The second-order valence-corrected chi connectivity index (χ2v) is 5.70. The average Bonchev–Trinajstić information content (AvgIpc) is 2.31. The average molecular weight is 281 g/mol. The summed E-state index contributed by atoms with van der Waals surface area (Å²) in [6, 6.07) is 4.08. The van der Waals surface area contributed by atoms with Crippen LogP contribution in [-0.4, -0.2) is 18.1 Å². The van der Waals surface area contributed by atoms with Crippen LogP contribution in [0.3, 0.4) is 0 Å². The van der Waals surface area contributed by atoms with Crippen LogP contribution in [0.2, 0.25) is 0 Å². The Hall–Kier alpha value is -1.42. The summed E-state index contributed by atoms with van der Waals surface area (Å²) in [5, 5.41) is 0. The summed E-state index contributed by atoms with van der Waals surface area (Å²) in [6.45, 7) is 9.44. The third-order valence-electron chi connectivity index (χ3n) is 3.49. The zero-order valence-corrected chi connectivity index (χ0v) is 12.8. The van der Waals surface area contributed by atoms with E-state index in [1.54, 1.807) is 13.0 Å². The number of halogens is 1. The lowest BCUT2D eigenvalue weighted by Gasteiger charge is -2.29. The summed E-state index contributed by atoms with van der Waals surface area (Å²) in [5.41, 5.74) is 7.40. The van der Waals surface area contributed by atoms with Crippen LogP contribution in [0, 0.1) is 18.7 Å². The zero-order chi connectivity index (χ0) is 15.4. The van der Waals surface area contributed by atoms with Crippen molar-refractivity contribution in [1.29, 1.82) is 0 Å². The Morgan fingerprint density at radius 3 is 2.30 bits per heavy atom. The second kappa shape index (κ2) is 6.84. The molecule has 0 spiro atoms. The van der Waals surface area contributed by atoms with E-state index < -0.39 is 12.0 Å². The first kappa shape index (κ1) is 16.6. The van der Waals surface area contributed by atoms with E-state index in [-0.39, 0.29) is 23.8 Å². The highest BCUT2D eigenvalue weighted by atomic mass is 19.1. The summed E-state index contributed by atoms with van der Waals surface area (Å²) >= 11 is 0. The fourth-order valence-electron chi connectivity index (χ4n) is 2.53. The quantitative estimate of drug-likeness (QED) is 0.843. The van der Waals surface area contributed by atoms with Gasteiger partial charge in [-0.2, -0.15) is 0 Å². The minimum absolute atomic E-state index is 0.0123. The van der Waals surface area contributed by atoms with E-state index in [0.29, 0.717) is 0 Å². The number of rotatable bonds is 5. The lowest BCUT2D eigenvalue weighted by molar-refractivity contribution is -0.151. The van der Waals surface area contributed by atoms with Crippen molar-refractivity contribution >= 4 is 5.97 Å². The van der Waals surface area contributed by atoms with E-state index in [1.165, 1.54) is 12.1 Å². The number of hydrogen-bond acceptors (Lipinski definition) is 3. The van der Waals surface area contributed by atoms with Gasteiger partial charge in [0, 0.05) is 5.92 Å². The van der Waals surface area contributed by atoms with Crippen LogP contribution in [0.25, 0.3) is 0 Å². The highest BCUT2D eigenvalue weighted by Gasteiger charge is 2.28. The summed E-state index contributed by atoms with van der Waals surface area (Å²) in [4.78, 5) is 11.6. The number of carbonyl (C=O) groups is 1. The molecule has 1 aromatic carbocycles. The van der Waals surface area contributed by atoms with Gasteiger partial charge in [0.15, 0.2) is 0 Å². The molecule has 3 nitrogen and oxygen atoms in total. The van der Waals surface area contributed by atoms with Gasteiger partial charge in [0.25, 0.3) is 0 Å². The van der Waals surface area contributed by atoms with Crippen LogP contribution in [0.5, 0.6) is 0 Å². The number of carbonyl (C=O) groups excluding carboxylic acids is 1. The minimum atomic E-state index is -0.639. The highest BCUT2D eigenvalue weighted by Crippen LogP contribution is 2.32. The predicted molar refractivity (Wildman–Crippen MR) is 77.9 cm³/mol. The first-order valence-electron chi connectivity index (χ1n) is 6.96. The molecule has 0 unspecified atom stereocenters. The van der Waals surface area contributed by atoms with E-state index in [1.807, 2.05) is 13.8 Å². The fraction of sp³-hybridized carbons (Fsp3) is 0.562. The Morgan fingerprint density at radius 2 is 1.85 bits per heavy atom. The van der Waals surface area contributed by atoms with E-state index >= 15 is 0 Å². The molecular weight excluding hydrogens is 257 g/mol. The Morgan fingerprint density at radius 1 is 1.25 bits per heavy atom. The van der Waals surface area contributed by atoms with Crippen molar-refractivity contribution in [3.63, 3.8) is 0 Å². The van der Waals surface area contributed by atoms with Gasteiger partial charge < -0.3 is 10.5 Å². The molecule has 0 bridgehead atoms. The Balaban J connectivity index is 3.02. The Kier molecular flexibility index (Phi) is 5.69. The molecule has 0 fully saturated rings. The van der Waals surface area contributed by atoms with Crippen molar-refractivity contribution in [2.45, 2.75) is 52.7 Å². The standard InChI is InChI=1S/C16H24FNO2/c1-9(2)15(12(5)20-16(19)11(4)18)14-7-6-13(17)8-10(14)3/h6-9,11-12,15H,18H2,1-5H3/t11-,12-,15-/m0/s1. The highest BCUT2D eigenvalue weighted by molar-refractivity contribution is 5.75. The maximum Gasteiger partial charge on any atom is 0.322 e. The van der Waals surface area contributed by atoms with Crippen molar-refractivity contribution < 1.29 is 13.9 Å². The topological polar surface area (TPSA) is 52.3 Å². The van der Waals surface area contributed by atoms with Gasteiger partial charge in [-0.25, -0.2) is 4.39 Å². The molecule has 0 aliphatic carbocycles. The summed E-state index contributed by atoms with van der Waals surface area (Å²) in [7, 11) is 0. The van der Waals surface area contributed by atoms with Crippen LogP contribution in [0.1, 0.15) is 44.7 Å². The van der Waals surface area contributed by atoms with Crippen LogP contribution in [0.15, 0.2) is 18.2 Å². The van der Waals surface area contributed by atoms with E-state index in [4.69, 9.17) is 10.5 Å². The van der Waals surface area contributed by atoms with Crippen LogP contribution in [-0.2, 0) is 9.53 Å². The van der Waals surface area contributed by atoms with Gasteiger partial charge >= 0.3 is 5.97 Å². The van der Waals surface area contributed by atoms with Gasteiger partial charge in [-0.3, -0.25) is 4.79 Å². The molecule has 0 amide bonds. The molecule has 1 aromatic rings. The molecule has 0 aliphatic heterocycles. The molecule has 1 rings (SSSR count). The first-order chi connectivity index (χ1) is 9.23. The third-order valence-corrected chi connectivity index (χ3v) is 3.49. The number of ether oxygens (including phenoxy) is 1. The molecule has 3 atom stereocenters. The van der Waals surface area contributed by atoms with Crippen LogP contribution >= 0.6 is 0 Å². The second-order valence-electron chi connectivity index (χ2n) is 5.70. The maximum absolute atomic E-state index is 13.2. The molecule has 0 aromatic heterocycles. The SMILES string of the molecule is Cc1cc(F)ccc1[C@@H](C(C)C)[C@H](C)OC(=O)[C@H](C)N. The molecule has 0 heterocycles. The fourth-order valence-corrected chi connectivity index (χ4v) is 2.53. The third kappa shape index (κ3) is 4.04. The predicted octanol–water partition coefficient (Wildman–Crippen LogP) is 3.15. The molecule has 0 radical (unpaired) electrons. The number of aryl methyl sites for hydroxylation is 1. The number of esters is 1. The van der Waals surface area contributed by atoms with Crippen LogP contribution in [0.4, 0.5) is 4.39 Å². The molecule has 112 valence electrons. The smallest absolute Gasteiger partial charge is 0.322 e. The molecule has 4 heteroatoms. The van der Waals surface area contributed by atoms with E-state index in [0.717, 1.165) is 11.1 Å². The number of nitrogens with two attached hydrogens (primary N) is 1. The monoisotopic (exact) mass is 281 g/mol. The maximum atomic E-state index is 13.2. The Labute approximate surface area is 120 Å². The van der Waals surface area contributed by atoms with Crippen molar-refractivity contribution in [3.8, 4) is 0 Å². The lowest BCUT2D eigenvalue weighted by atomic mass is 9.82. The largest absolute Gasteiger partial charge is 0.461 e. The van der Waals surface area contributed by atoms with Crippen molar-refractivity contribution in [3.05, 3.63) is 35.1 Å². The zero-order valence-electron chi connectivity index (χ0n) is 12.8. The first-order valence-corrected chi connectivity index (χ1v) is 6.96. The number of benzene rings is 1. The van der Waals surface area contributed by atoms with Crippen molar-refractivity contribution in [2.75, 3.05) is 0 Å². The number of hydrogen-bond donors (Lipinski definition) is 1. The van der Waals surface area contributed by atoms with Gasteiger partial charge in [-0.05, 0) is 49.9 Å². The molecular formula is C16H24FNO2.